The van der Waals surface area contributed by atoms with Gasteiger partial charge in [0.15, 0.2) is 0 Å². The highest BCUT2D eigenvalue weighted by atomic mass is 35.5. The van der Waals surface area contributed by atoms with Crippen LogP contribution in [-0.2, 0) is 4.74 Å². The predicted molar refractivity (Wildman–Crippen MR) is 61.4 cm³/mol. The van der Waals surface area contributed by atoms with Crippen molar-refractivity contribution in [1.82, 2.24) is 0 Å². The summed E-state index contributed by atoms with van der Waals surface area (Å²) in [6, 6.07) is 2.31. The molecule has 0 amide bonds. The zero-order valence-electron chi connectivity index (χ0n) is 9.17. The third kappa shape index (κ3) is 3.06. The summed E-state index contributed by atoms with van der Waals surface area (Å²) in [7, 11) is 0. The van der Waals surface area contributed by atoms with Crippen molar-refractivity contribution in [2.75, 3.05) is 12.3 Å². The van der Waals surface area contributed by atoms with Crippen LogP contribution in [0, 0.1) is 0 Å². The van der Waals surface area contributed by atoms with Gasteiger partial charge in [0.25, 0.3) is 6.43 Å². The largest absolute Gasteiger partial charge is 0.462 e. The molecule has 0 radical (unpaired) electrons. The fourth-order valence-corrected chi connectivity index (χ4v) is 1.45. The SMILES string of the molecule is CCCOC(=O)c1c(C(F)F)ccc(Cl)c1N. The highest BCUT2D eigenvalue weighted by Crippen LogP contribution is 2.32. The summed E-state index contributed by atoms with van der Waals surface area (Å²) >= 11 is 5.69. The van der Waals surface area contributed by atoms with Crippen LogP contribution in [0.3, 0.4) is 0 Å². The van der Waals surface area contributed by atoms with Crippen molar-refractivity contribution < 1.29 is 18.3 Å². The molecule has 0 saturated heterocycles. The fraction of sp³-hybridized carbons (Fsp3) is 0.364. The van der Waals surface area contributed by atoms with Crippen LogP contribution in [0.1, 0.15) is 35.7 Å². The zero-order valence-corrected chi connectivity index (χ0v) is 9.93. The van der Waals surface area contributed by atoms with E-state index in [1.165, 1.54) is 6.07 Å². The Morgan fingerprint density at radius 2 is 2.18 bits per heavy atom. The van der Waals surface area contributed by atoms with E-state index in [4.69, 9.17) is 22.1 Å². The number of nitrogen functional groups attached to an aromatic ring is 1. The molecule has 0 spiro atoms. The van der Waals surface area contributed by atoms with Gasteiger partial charge in [-0.15, -0.1) is 0 Å². The van der Waals surface area contributed by atoms with Gasteiger partial charge >= 0.3 is 5.97 Å². The maximum atomic E-state index is 12.7. The Labute approximate surface area is 103 Å². The van der Waals surface area contributed by atoms with Crippen molar-refractivity contribution in [2.45, 2.75) is 19.8 Å². The summed E-state index contributed by atoms with van der Waals surface area (Å²) in [6.45, 7) is 1.94. The molecule has 0 bridgehead atoms. The summed E-state index contributed by atoms with van der Waals surface area (Å²) in [5, 5.41) is 0.0536. The van der Waals surface area contributed by atoms with Gasteiger partial charge in [-0.2, -0.15) is 0 Å². The number of ether oxygens (including phenoxy) is 1. The van der Waals surface area contributed by atoms with E-state index in [1.54, 1.807) is 6.92 Å². The van der Waals surface area contributed by atoms with Gasteiger partial charge in [0.1, 0.15) is 0 Å². The van der Waals surface area contributed by atoms with Crippen LogP contribution in [0.15, 0.2) is 12.1 Å². The van der Waals surface area contributed by atoms with Crippen molar-refractivity contribution in [2.24, 2.45) is 0 Å². The lowest BCUT2D eigenvalue weighted by Crippen LogP contribution is -2.12. The number of nitrogens with two attached hydrogens (primary N) is 1. The fourth-order valence-electron chi connectivity index (χ4n) is 1.29. The lowest BCUT2D eigenvalue weighted by Gasteiger charge is -2.12. The average molecular weight is 264 g/mol. The molecule has 1 aromatic rings. The summed E-state index contributed by atoms with van der Waals surface area (Å²) in [5.41, 5.74) is 4.54. The van der Waals surface area contributed by atoms with Gasteiger partial charge in [0.2, 0.25) is 0 Å². The molecule has 0 aliphatic heterocycles. The number of anilines is 1. The first-order valence-corrected chi connectivity index (χ1v) is 5.40. The number of rotatable bonds is 4. The second kappa shape index (κ2) is 5.82. The van der Waals surface area contributed by atoms with Crippen molar-refractivity contribution in [1.29, 1.82) is 0 Å². The summed E-state index contributed by atoms with van der Waals surface area (Å²) in [6.07, 6.45) is -2.21. The van der Waals surface area contributed by atoms with Crippen molar-refractivity contribution >= 4 is 23.3 Å². The first-order chi connectivity index (χ1) is 7.99. The monoisotopic (exact) mass is 263 g/mol. The summed E-state index contributed by atoms with van der Waals surface area (Å²) in [5.74, 6) is -0.873. The lowest BCUT2D eigenvalue weighted by molar-refractivity contribution is 0.0496. The van der Waals surface area contributed by atoms with Gasteiger partial charge < -0.3 is 10.5 Å². The molecule has 0 fully saturated rings. The predicted octanol–water partition coefficient (Wildman–Crippen LogP) is 3.43. The molecule has 0 heterocycles. The first kappa shape index (κ1) is 13.7. The smallest absolute Gasteiger partial charge is 0.340 e. The third-order valence-corrected chi connectivity index (χ3v) is 2.43. The Hall–Kier alpha value is -1.36. The molecular formula is C11H12ClF2NO2. The number of carbonyl (C=O) groups excluding carboxylic acids is 1. The topological polar surface area (TPSA) is 52.3 Å². The molecule has 0 aliphatic rings. The highest BCUT2D eigenvalue weighted by Gasteiger charge is 2.23. The zero-order chi connectivity index (χ0) is 13.0. The van der Waals surface area contributed by atoms with E-state index in [2.05, 4.69) is 0 Å². The standard InChI is InChI=1S/C11H12ClF2NO2/c1-2-5-17-11(16)8-6(10(13)14)3-4-7(12)9(8)15/h3-4,10H,2,5,15H2,1H3. The maximum absolute atomic E-state index is 12.7. The molecule has 1 aromatic carbocycles. The summed E-state index contributed by atoms with van der Waals surface area (Å²) in [4.78, 5) is 11.6. The van der Waals surface area contributed by atoms with E-state index in [-0.39, 0.29) is 22.9 Å². The van der Waals surface area contributed by atoms with Crippen LogP contribution in [0.5, 0.6) is 0 Å². The minimum Gasteiger partial charge on any atom is -0.462 e. The minimum absolute atomic E-state index is 0.0536. The third-order valence-electron chi connectivity index (χ3n) is 2.10. The van der Waals surface area contributed by atoms with Crippen LogP contribution >= 0.6 is 11.6 Å². The van der Waals surface area contributed by atoms with Gasteiger partial charge in [-0.3, -0.25) is 0 Å². The molecule has 2 N–H and O–H groups in total. The van der Waals surface area contributed by atoms with Crippen LogP contribution in [-0.4, -0.2) is 12.6 Å². The molecule has 6 heteroatoms. The van der Waals surface area contributed by atoms with E-state index >= 15 is 0 Å². The minimum atomic E-state index is -2.81. The van der Waals surface area contributed by atoms with Gasteiger partial charge in [0, 0.05) is 5.56 Å². The molecule has 17 heavy (non-hydrogen) atoms. The number of alkyl halides is 2. The Morgan fingerprint density at radius 3 is 2.71 bits per heavy atom. The van der Waals surface area contributed by atoms with Crippen molar-refractivity contribution in [3.8, 4) is 0 Å². The van der Waals surface area contributed by atoms with Gasteiger partial charge in [-0.1, -0.05) is 24.6 Å². The van der Waals surface area contributed by atoms with E-state index < -0.39 is 18.0 Å². The van der Waals surface area contributed by atoms with E-state index in [0.29, 0.717) is 6.42 Å². The molecule has 0 atom stereocenters. The molecular weight excluding hydrogens is 252 g/mol. The number of benzene rings is 1. The second-order valence-electron chi connectivity index (χ2n) is 3.36. The van der Waals surface area contributed by atoms with Crippen LogP contribution < -0.4 is 5.73 Å². The molecule has 0 aromatic heterocycles. The Balaban J connectivity index is 3.18. The quantitative estimate of drug-likeness (QED) is 0.669. The average Bonchev–Trinajstić information content (AvgIpc) is 2.28. The molecule has 0 aliphatic carbocycles. The Morgan fingerprint density at radius 1 is 1.53 bits per heavy atom. The molecule has 0 unspecified atom stereocenters. The number of hydrogen-bond acceptors (Lipinski definition) is 3. The Bertz CT molecular complexity index is 424. The molecule has 94 valence electrons. The maximum Gasteiger partial charge on any atom is 0.340 e. The van der Waals surface area contributed by atoms with Crippen LogP contribution in [0.4, 0.5) is 14.5 Å². The molecule has 3 nitrogen and oxygen atoms in total. The van der Waals surface area contributed by atoms with Crippen molar-refractivity contribution in [3.05, 3.63) is 28.3 Å². The normalized spacial score (nSPS) is 10.6. The van der Waals surface area contributed by atoms with E-state index in [0.717, 1.165) is 6.07 Å². The van der Waals surface area contributed by atoms with Crippen LogP contribution in [0.2, 0.25) is 5.02 Å². The number of halogens is 3. The number of esters is 1. The highest BCUT2D eigenvalue weighted by molar-refractivity contribution is 6.34. The molecule has 0 saturated carbocycles. The molecule has 1 rings (SSSR count). The summed E-state index contributed by atoms with van der Waals surface area (Å²) < 4.78 is 30.2. The second-order valence-corrected chi connectivity index (χ2v) is 3.77. The van der Waals surface area contributed by atoms with E-state index in [9.17, 15) is 13.6 Å². The van der Waals surface area contributed by atoms with Crippen LogP contribution in [0.25, 0.3) is 0 Å². The number of hydrogen-bond donors (Lipinski definition) is 1. The lowest BCUT2D eigenvalue weighted by atomic mass is 10.1. The Kier molecular flexibility index (Phi) is 4.69. The van der Waals surface area contributed by atoms with E-state index in [1.807, 2.05) is 0 Å². The van der Waals surface area contributed by atoms with Gasteiger partial charge in [-0.25, -0.2) is 13.6 Å². The number of carbonyl (C=O) groups is 1. The van der Waals surface area contributed by atoms with Gasteiger partial charge in [0.05, 0.1) is 22.9 Å². The van der Waals surface area contributed by atoms with Gasteiger partial charge in [-0.05, 0) is 12.5 Å². The van der Waals surface area contributed by atoms with Crippen molar-refractivity contribution in [3.63, 3.8) is 0 Å². The first-order valence-electron chi connectivity index (χ1n) is 5.02.